The van der Waals surface area contributed by atoms with Gasteiger partial charge in [0.15, 0.2) is 0 Å². The van der Waals surface area contributed by atoms with Crippen LogP contribution in [0.1, 0.15) is 38.7 Å². The van der Waals surface area contributed by atoms with Crippen LogP contribution in [0.2, 0.25) is 0 Å². The summed E-state index contributed by atoms with van der Waals surface area (Å²) in [6.45, 7) is 5.83. The minimum absolute atomic E-state index is 0.481. The van der Waals surface area contributed by atoms with Crippen LogP contribution in [-0.2, 0) is 6.42 Å². The summed E-state index contributed by atoms with van der Waals surface area (Å²) in [7, 11) is 2.08. The van der Waals surface area contributed by atoms with Gasteiger partial charge in [0.1, 0.15) is 0 Å². The fourth-order valence-corrected chi connectivity index (χ4v) is 4.61. The van der Waals surface area contributed by atoms with Gasteiger partial charge in [-0.25, -0.2) is 0 Å². The Morgan fingerprint density at radius 3 is 2.61 bits per heavy atom. The number of hydrogen-bond donors (Lipinski definition) is 1. The summed E-state index contributed by atoms with van der Waals surface area (Å²) in [4.78, 5) is 1.51. The molecular weight excluding hydrogens is 238 g/mol. The zero-order valence-corrected chi connectivity index (χ0v) is 12.6. The molecule has 1 heterocycles. The van der Waals surface area contributed by atoms with Crippen LogP contribution < -0.4 is 5.32 Å². The van der Waals surface area contributed by atoms with Crippen LogP contribution >= 0.6 is 11.8 Å². The van der Waals surface area contributed by atoms with Crippen LogP contribution in [0.5, 0.6) is 0 Å². The Morgan fingerprint density at radius 2 is 2.00 bits per heavy atom. The summed E-state index contributed by atoms with van der Waals surface area (Å²) >= 11 is 2.09. The summed E-state index contributed by atoms with van der Waals surface area (Å²) in [6, 6.07) is 8.90. The molecule has 0 bridgehead atoms. The quantitative estimate of drug-likeness (QED) is 0.828. The van der Waals surface area contributed by atoms with E-state index in [9.17, 15) is 0 Å². The van der Waals surface area contributed by atoms with E-state index in [1.165, 1.54) is 30.6 Å². The van der Waals surface area contributed by atoms with Crippen molar-refractivity contribution in [3.63, 3.8) is 0 Å². The molecular formula is C16H25NS. The van der Waals surface area contributed by atoms with Crippen molar-refractivity contribution in [1.29, 1.82) is 0 Å². The maximum atomic E-state index is 3.40. The van der Waals surface area contributed by atoms with E-state index in [0.29, 0.717) is 5.41 Å². The standard InChI is InChI=1S/C16H25NS/c1-4-16(5-2,12-17-3)11-14-10-13-8-6-7-9-15(13)18-14/h6-9,14,17H,4-5,10-12H2,1-3H3. The largest absolute Gasteiger partial charge is 0.319 e. The second-order valence-electron chi connectivity index (χ2n) is 5.49. The lowest BCUT2D eigenvalue weighted by Gasteiger charge is -2.34. The van der Waals surface area contributed by atoms with Crippen molar-refractivity contribution in [1.82, 2.24) is 5.32 Å². The van der Waals surface area contributed by atoms with Crippen LogP contribution in [-0.4, -0.2) is 18.8 Å². The summed E-state index contributed by atoms with van der Waals surface area (Å²) in [5.74, 6) is 0. The maximum Gasteiger partial charge on any atom is 0.0141 e. The van der Waals surface area contributed by atoms with Crippen molar-refractivity contribution in [3.05, 3.63) is 29.8 Å². The van der Waals surface area contributed by atoms with Gasteiger partial charge in [0.25, 0.3) is 0 Å². The van der Waals surface area contributed by atoms with Crippen molar-refractivity contribution in [3.8, 4) is 0 Å². The Bertz CT molecular complexity index is 359. The summed E-state index contributed by atoms with van der Waals surface area (Å²) in [5, 5.41) is 4.17. The van der Waals surface area contributed by atoms with Crippen molar-refractivity contribution in [2.75, 3.05) is 13.6 Å². The third-order valence-electron chi connectivity index (χ3n) is 4.43. The highest BCUT2D eigenvalue weighted by Gasteiger charge is 2.32. The van der Waals surface area contributed by atoms with Crippen molar-refractivity contribution >= 4 is 11.8 Å². The topological polar surface area (TPSA) is 12.0 Å². The highest BCUT2D eigenvalue weighted by atomic mass is 32.2. The Kier molecular flexibility index (Phi) is 4.74. The van der Waals surface area contributed by atoms with E-state index in [4.69, 9.17) is 0 Å². The Labute approximate surface area is 116 Å². The molecule has 0 fully saturated rings. The van der Waals surface area contributed by atoms with E-state index in [2.05, 4.69) is 62.2 Å². The number of fused-ring (bicyclic) bond motifs is 1. The zero-order chi connectivity index (χ0) is 13.0. The molecule has 0 aromatic heterocycles. The van der Waals surface area contributed by atoms with Gasteiger partial charge < -0.3 is 5.32 Å². The molecule has 0 aliphatic carbocycles. The number of hydrogen-bond acceptors (Lipinski definition) is 2. The van der Waals surface area contributed by atoms with Crippen LogP contribution in [0.4, 0.5) is 0 Å². The molecule has 18 heavy (non-hydrogen) atoms. The molecule has 1 aromatic rings. The molecule has 1 atom stereocenters. The molecule has 0 radical (unpaired) electrons. The first-order valence-corrected chi connectivity index (χ1v) is 8.00. The Morgan fingerprint density at radius 1 is 1.28 bits per heavy atom. The van der Waals surface area contributed by atoms with Gasteiger partial charge in [-0.3, -0.25) is 0 Å². The summed E-state index contributed by atoms with van der Waals surface area (Å²) in [5.41, 5.74) is 2.03. The normalized spacial score (nSPS) is 18.9. The first-order valence-electron chi connectivity index (χ1n) is 7.12. The van der Waals surface area contributed by atoms with Crippen molar-refractivity contribution in [2.24, 2.45) is 5.41 Å². The second kappa shape index (κ2) is 6.12. The first-order chi connectivity index (χ1) is 8.73. The van der Waals surface area contributed by atoms with Gasteiger partial charge in [-0.15, -0.1) is 11.8 Å². The molecule has 1 aromatic carbocycles. The first kappa shape index (κ1) is 14.0. The number of thioether (sulfide) groups is 1. The minimum Gasteiger partial charge on any atom is -0.319 e. The van der Waals surface area contributed by atoms with Crippen LogP contribution in [0.3, 0.4) is 0 Å². The number of nitrogens with one attached hydrogen (secondary N) is 1. The summed E-state index contributed by atoms with van der Waals surface area (Å²) < 4.78 is 0. The van der Waals surface area contributed by atoms with E-state index in [-0.39, 0.29) is 0 Å². The zero-order valence-electron chi connectivity index (χ0n) is 11.8. The van der Waals surface area contributed by atoms with Gasteiger partial charge in [-0.2, -0.15) is 0 Å². The van der Waals surface area contributed by atoms with E-state index in [1.807, 2.05) is 0 Å². The highest BCUT2D eigenvalue weighted by molar-refractivity contribution is 8.00. The van der Waals surface area contributed by atoms with Gasteiger partial charge in [0.2, 0.25) is 0 Å². The lowest BCUT2D eigenvalue weighted by Crippen LogP contribution is -2.34. The average Bonchev–Trinajstić information content (AvgIpc) is 2.80. The lowest BCUT2D eigenvalue weighted by molar-refractivity contribution is 0.232. The smallest absolute Gasteiger partial charge is 0.0141 e. The Balaban J connectivity index is 2.03. The number of rotatable bonds is 6. The molecule has 0 saturated heterocycles. The monoisotopic (exact) mass is 263 g/mol. The SMILES string of the molecule is CCC(CC)(CNC)CC1Cc2ccccc2S1. The lowest BCUT2D eigenvalue weighted by atomic mass is 9.77. The molecule has 0 spiro atoms. The predicted molar refractivity (Wildman–Crippen MR) is 81.3 cm³/mol. The highest BCUT2D eigenvalue weighted by Crippen LogP contribution is 2.44. The minimum atomic E-state index is 0.481. The third-order valence-corrected chi connectivity index (χ3v) is 5.75. The van der Waals surface area contributed by atoms with Crippen LogP contribution in [0.25, 0.3) is 0 Å². The fourth-order valence-electron chi connectivity index (χ4n) is 3.09. The maximum absolute atomic E-state index is 3.40. The molecule has 1 unspecified atom stereocenters. The molecule has 2 rings (SSSR count). The molecule has 1 aliphatic rings. The van der Waals surface area contributed by atoms with Crippen molar-refractivity contribution in [2.45, 2.75) is 49.7 Å². The molecule has 2 heteroatoms. The van der Waals surface area contributed by atoms with Crippen LogP contribution in [0, 0.1) is 5.41 Å². The molecule has 1 nitrogen and oxygen atoms in total. The summed E-state index contributed by atoms with van der Waals surface area (Å²) in [6.07, 6.45) is 5.14. The average molecular weight is 263 g/mol. The molecule has 1 aliphatic heterocycles. The van der Waals surface area contributed by atoms with E-state index in [1.54, 1.807) is 5.56 Å². The van der Waals surface area contributed by atoms with E-state index >= 15 is 0 Å². The molecule has 0 saturated carbocycles. The van der Waals surface area contributed by atoms with Gasteiger partial charge >= 0.3 is 0 Å². The predicted octanol–water partition coefficient (Wildman–Crippen LogP) is 4.12. The van der Waals surface area contributed by atoms with Crippen molar-refractivity contribution < 1.29 is 0 Å². The van der Waals surface area contributed by atoms with E-state index < -0.39 is 0 Å². The fraction of sp³-hybridized carbons (Fsp3) is 0.625. The van der Waals surface area contributed by atoms with Gasteiger partial charge in [-0.1, -0.05) is 32.0 Å². The molecule has 100 valence electrons. The molecule has 0 amide bonds. The number of benzene rings is 1. The van der Waals surface area contributed by atoms with Crippen LogP contribution in [0.15, 0.2) is 29.2 Å². The third kappa shape index (κ3) is 2.92. The molecule has 1 N–H and O–H groups in total. The Hall–Kier alpha value is -0.470. The van der Waals surface area contributed by atoms with Gasteiger partial charge in [-0.05, 0) is 49.8 Å². The van der Waals surface area contributed by atoms with Gasteiger partial charge in [0.05, 0.1) is 0 Å². The van der Waals surface area contributed by atoms with E-state index in [0.717, 1.165) is 11.8 Å². The van der Waals surface area contributed by atoms with Gasteiger partial charge in [0, 0.05) is 16.7 Å². The second-order valence-corrected chi connectivity index (χ2v) is 6.84.